The van der Waals surface area contributed by atoms with Gasteiger partial charge in [-0.25, -0.2) is 8.42 Å². The molecule has 1 fully saturated rings. The molecule has 8 heteroatoms. The van der Waals surface area contributed by atoms with Crippen LogP contribution in [0.25, 0.3) is 10.9 Å². The first-order valence-corrected chi connectivity index (χ1v) is 11.6. The van der Waals surface area contributed by atoms with Gasteiger partial charge in [0.25, 0.3) is 0 Å². The normalized spacial score (nSPS) is 16.8. The van der Waals surface area contributed by atoms with E-state index in [1.807, 2.05) is 49.1 Å². The summed E-state index contributed by atoms with van der Waals surface area (Å²) in [6.07, 6.45) is 0. The summed E-state index contributed by atoms with van der Waals surface area (Å²) in [5.41, 5.74) is 2.91. The van der Waals surface area contributed by atoms with Crippen molar-refractivity contribution >= 4 is 26.7 Å². The van der Waals surface area contributed by atoms with Crippen LogP contribution in [-0.2, 0) is 10.0 Å². The quantitative estimate of drug-likeness (QED) is 0.620. The number of H-pyrrole nitrogens is 1. The number of nitriles is 1. The van der Waals surface area contributed by atoms with E-state index in [-0.39, 0.29) is 16.7 Å². The molecule has 1 aliphatic rings. The third kappa shape index (κ3) is 3.88. The highest BCUT2D eigenvalue weighted by molar-refractivity contribution is 7.89. The summed E-state index contributed by atoms with van der Waals surface area (Å²) < 4.78 is 27.3. The first kappa shape index (κ1) is 21.2. The number of aromatic nitrogens is 1. The molecule has 0 bridgehead atoms. The van der Waals surface area contributed by atoms with Gasteiger partial charge in [-0.1, -0.05) is 18.2 Å². The lowest BCUT2D eigenvalue weighted by atomic mass is 10.0. The van der Waals surface area contributed by atoms with Crippen LogP contribution in [0.4, 0.5) is 0 Å². The molecule has 2 heterocycles. The van der Waals surface area contributed by atoms with Gasteiger partial charge in [0.15, 0.2) is 5.78 Å². The third-order valence-electron chi connectivity index (χ3n) is 5.96. The molecule has 0 amide bonds. The fourth-order valence-electron chi connectivity index (χ4n) is 4.15. The average molecular weight is 437 g/mol. The maximum atomic E-state index is 13.3. The Morgan fingerprint density at radius 2 is 1.71 bits per heavy atom. The van der Waals surface area contributed by atoms with Crippen LogP contribution in [0.5, 0.6) is 0 Å². The maximum absolute atomic E-state index is 13.3. The standard InChI is InChI=1S/C23H24N4O3S/c1-16-22(20-5-3-4-6-21(20)25-16)23(28)17(2)26-11-13-27(14-12-26)31(29,30)19-9-7-18(15-24)8-10-19/h3-10,17,25H,11-14H2,1-2H3/t17-/m0/s1. The predicted molar refractivity (Wildman–Crippen MR) is 118 cm³/mol. The molecule has 3 aromatic rings. The number of hydrogen-bond acceptors (Lipinski definition) is 5. The van der Waals surface area contributed by atoms with Crippen LogP contribution < -0.4 is 0 Å². The molecule has 4 rings (SSSR count). The molecule has 1 aromatic heterocycles. The molecule has 1 aliphatic heterocycles. The van der Waals surface area contributed by atoms with E-state index in [0.29, 0.717) is 37.3 Å². The van der Waals surface area contributed by atoms with Crippen molar-refractivity contribution in [3.63, 3.8) is 0 Å². The summed E-state index contributed by atoms with van der Waals surface area (Å²) in [4.78, 5) is 18.8. The summed E-state index contributed by atoms with van der Waals surface area (Å²) in [5.74, 6) is 0.0401. The Morgan fingerprint density at radius 1 is 1.06 bits per heavy atom. The average Bonchev–Trinajstić information content (AvgIpc) is 3.13. The monoisotopic (exact) mass is 436 g/mol. The number of hydrogen-bond donors (Lipinski definition) is 1. The number of Topliss-reactive ketones (excluding diaryl/α,β-unsaturated/α-hetero) is 1. The number of carbonyl (C=O) groups excluding carboxylic acids is 1. The maximum Gasteiger partial charge on any atom is 0.243 e. The molecule has 0 saturated carbocycles. The number of benzene rings is 2. The molecule has 0 unspecified atom stereocenters. The fourth-order valence-corrected chi connectivity index (χ4v) is 5.57. The number of carbonyl (C=O) groups is 1. The summed E-state index contributed by atoms with van der Waals surface area (Å²) in [5, 5.41) is 9.82. The van der Waals surface area contributed by atoms with Gasteiger partial charge in [0.2, 0.25) is 10.0 Å². The number of piperazine rings is 1. The molecule has 0 aliphatic carbocycles. The van der Waals surface area contributed by atoms with Gasteiger partial charge in [-0.05, 0) is 44.2 Å². The number of para-hydroxylation sites is 1. The van der Waals surface area contributed by atoms with Crippen molar-refractivity contribution in [1.82, 2.24) is 14.2 Å². The molecule has 160 valence electrons. The van der Waals surface area contributed by atoms with Crippen molar-refractivity contribution in [3.8, 4) is 6.07 Å². The van der Waals surface area contributed by atoms with Gasteiger partial charge >= 0.3 is 0 Å². The zero-order chi connectivity index (χ0) is 22.2. The van der Waals surface area contributed by atoms with Crippen LogP contribution in [0.3, 0.4) is 0 Å². The number of nitrogens with zero attached hydrogens (tertiary/aromatic N) is 3. The molecule has 0 spiro atoms. The Hall–Kier alpha value is -2.99. The molecule has 1 N–H and O–H groups in total. The molecule has 1 atom stereocenters. The Labute approximate surface area is 181 Å². The second kappa shape index (κ2) is 8.27. The molecule has 7 nitrogen and oxygen atoms in total. The van der Waals surface area contributed by atoms with Crippen LogP contribution in [-0.4, -0.2) is 60.6 Å². The van der Waals surface area contributed by atoms with Gasteiger partial charge < -0.3 is 4.98 Å². The smallest absolute Gasteiger partial charge is 0.243 e. The number of nitrogens with one attached hydrogen (secondary N) is 1. The van der Waals surface area contributed by atoms with E-state index in [2.05, 4.69) is 4.98 Å². The molecular weight excluding hydrogens is 412 g/mol. The van der Waals surface area contributed by atoms with Gasteiger partial charge in [-0.15, -0.1) is 0 Å². The summed E-state index contributed by atoms with van der Waals surface area (Å²) in [6.45, 7) is 5.36. The highest BCUT2D eigenvalue weighted by Crippen LogP contribution is 2.25. The Kier molecular flexibility index (Phi) is 5.67. The van der Waals surface area contributed by atoms with E-state index in [0.717, 1.165) is 16.6 Å². The van der Waals surface area contributed by atoms with Gasteiger partial charge in [0, 0.05) is 48.3 Å². The Balaban J connectivity index is 1.47. The Morgan fingerprint density at radius 3 is 2.35 bits per heavy atom. The van der Waals surface area contributed by atoms with Crippen LogP contribution in [0.1, 0.15) is 28.5 Å². The second-order valence-corrected chi connectivity index (χ2v) is 9.72. The van der Waals surface area contributed by atoms with E-state index < -0.39 is 10.0 Å². The van der Waals surface area contributed by atoms with Crippen LogP contribution >= 0.6 is 0 Å². The topological polar surface area (TPSA) is 97.3 Å². The molecular formula is C23H24N4O3S. The summed E-state index contributed by atoms with van der Waals surface area (Å²) in [6, 6.07) is 15.3. The summed E-state index contributed by atoms with van der Waals surface area (Å²) in [7, 11) is -3.63. The van der Waals surface area contributed by atoms with E-state index in [1.165, 1.54) is 28.6 Å². The number of sulfonamides is 1. The van der Waals surface area contributed by atoms with Crippen LogP contribution in [0.15, 0.2) is 53.4 Å². The van der Waals surface area contributed by atoms with Crippen LogP contribution in [0, 0.1) is 18.3 Å². The number of aryl methyl sites for hydroxylation is 1. The molecule has 2 aromatic carbocycles. The van der Waals surface area contributed by atoms with Crippen molar-refractivity contribution < 1.29 is 13.2 Å². The van der Waals surface area contributed by atoms with Crippen LogP contribution in [0.2, 0.25) is 0 Å². The molecule has 0 radical (unpaired) electrons. The molecule has 31 heavy (non-hydrogen) atoms. The number of fused-ring (bicyclic) bond motifs is 1. The first-order chi connectivity index (χ1) is 14.8. The van der Waals surface area contributed by atoms with Crippen molar-refractivity contribution in [3.05, 3.63) is 65.4 Å². The zero-order valence-corrected chi connectivity index (χ0v) is 18.3. The first-order valence-electron chi connectivity index (χ1n) is 10.2. The predicted octanol–water partition coefficient (Wildman–Crippen LogP) is 2.93. The Bertz CT molecular complexity index is 1260. The van der Waals surface area contributed by atoms with Gasteiger partial charge in [0.05, 0.1) is 22.6 Å². The minimum atomic E-state index is -3.63. The van der Waals surface area contributed by atoms with E-state index in [9.17, 15) is 13.2 Å². The highest BCUT2D eigenvalue weighted by atomic mass is 32.2. The fraction of sp³-hybridized carbons (Fsp3) is 0.304. The lowest BCUT2D eigenvalue weighted by Crippen LogP contribution is -2.53. The van der Waals surface area contributed by atoms with Crippen molar-refractivity contribution in [2.45, 2.75) is 24.8 Å². The summed E-state index contributed by atoms with van der Waals surface area (Å²) >= 11 is 0. The van der Waals surface area contributed by atoms with Crippen molar-refractivity contribution in [1.29, 1.82) is 5.26 Å². The lowest BCUT2D eigenvalue weighted by molar-refractivity contribution is 0.0783. The lowest BCUT2D eigenvalue weighted by Gasteiger charge is -2.36. The van der Waals surface area contributed by atoms with Crippen molar-refractivity contribution in [2.24, 2.45) is 0 Å². The molecule has 1 saturated heterocycles. The van der Waals surface area contributed by atoms with E-state index in [1.54, 1.807) is 0 Å². The minimum Gasteiger partial charge on any atom is -0.358 e. The number of aromatic amines is 1. The van der Waals surface area contributed by atoms with E-state index >= 15 is 0 Å². The number of rotatable bonds is 5. The van der Waals surface area contributed by atoms with Gasteiger partial charge in [0.1, 0.15) is 0 Å². The van der Waals surface area contributed by atoms with Gasteiger partial charge in [-0.3, -0.25) is 9.69 Å². The van der Waals surface area contributed by atoms with Gasteiger partial charge in [-0.2, -0.15) is 9.57 Å². The minimum absolute atomic E-state index is 0.0401. The van der Waals surface area contributed by atoms with Crippen molar-refractivity contribution in [2.75, 3.05) is 26.2 Å². The third-order valence-corrected chi connectivity index (χ3v) is 7.87. The largest absolute Gasteiger partial charge is 0.358 e. The van der Waals surface area contributed by atoms with E-state index in [4.69, 9.17) is 5.26 Å². The zero-order valence-electron chi connectivity index (χ0n) is 17.5. The SMILES string of the molecule is Cc1[nH]c2ccccc2c1C(=O)[C@H](C)N1CCN(S(=O)(=O)c2ccc(C#N)cc2)CC1. The second-order valence-electron chi connectivity index (χ2n) is 7.79. The number of ketones is 1. The highest BCUT2D eigenvalue weighted by Gasteiger charge is 2.33.